The lowest BCUT2D eigenvalue weighted by molar-refractivity contribution is 0.132. The van der Waals surface area contributed by atoms with Crippen LogP contribution < -0.4 is 5.32 Å². The number of rotatable bonds is 6. The van der Waals surface area contributed by atoms with E-state index in [0.29, 0.717) is 19.1 Å². The maximum Gasteiger partial charge on any atom is 0.0791 e. The van der Waals surface area contributed by atoms with Gasteiger partial charge in [-0.2, -0.15) is 0 Å². The van der Waals surface area contributed by atoms with Crippen LogP contribution in [0.4, 0.5) is 0 Å². The summed E-state index contributed by atoms with van der Waals surface area (Å²) in [7, 11) is 3.93. The number of nitrogens with zero attached hydrogens (tertiary/aromatic N) is 1. The highest BCUT2D eigenvalue weighted by Crippen LogP contribution is 2.17. The molecule has 2 atom stereocenters. The fourth-order valence-corrected chi connectivity index (χ4v) is 2.20. The molecule has 1 aromatic rings. The van der Waals surface area contributed by atoms with Gasteiger partial charge in [0.1, 0.15) is 0 Å². The van der Waals surface area contributed by atoms with Gasteiger partial charge in [0.05, 0.1) is 6.10 Å². The standard InChI is InChI=1S/C11H20N2OS/c1-9(11-5-4-6-15-11)12-7-10(14)8-13(2)3/h4-6,9-10,12,14H,7-8H2,1-3H3/t9-,10?/m0/s1. The predicted molar refractivity (Wildman–Crippen MR) is 65.3 cm³/mol. The molecule has 0 radical (unpaired) electrons. The van der Waals surface area contributed by atoms with Gasteiger partial charge in [-0.25, -0.2) is 0 Å². The fraction of sp³-hybridized carbons (Fsp3) is 0.636. The van der Waals surface area contributed by atoms with E-state index in [1.54, 1.807) is 11.3 Å². The molecule has 2 N–H and O–H groups in total. The third kappa shape index (κ3) is 4.75. The minimum atomic E-state index is -0.303. The van der Waals surface area contributed by atoms with Crippen LogP contribution in [0.25, 0.3) is 0 Å². The first kappa shape index (κ1) is 12.6. The van der Waals surface area contributed by atoms with Gasteiger partial charge in [0.2, 0.25) is 0 Å². The first-order valence-electron chi connectivity index (χ1n) is 5.19. The van der Waals surface area contributed by atoms with Crippen LogP contribution in [0.5, 0.6) is 0 Å². The molecule has 15 heavy (non-hydrogen) atoms. The molecule has 0 aliphatic rings. The van der Waals surface area contributed by atoms with Crippen LogP contribution in [0.1, 0.15) is 17.8 Å². The summed E-state index contributed by atoms with van der Waals surface area (Å²) in [4.78, 5) is 3.30. The Balaban J connectivity index is 2.25. The van der Waals surface area contributed by atoms with Crippen molar-refractivity contribution in [3.8, 4) is 0 Å². The van der Waals surface area contributed by atoms with Gasteiger partial charge < -0.3 is 15.3 Å². The largest absolute Gasteiger partial charge is 0.390 e. The zero-order valence-electron chi connectivity index (χ0n) is 9.60. The molecule has 0 amide bonds. The van der Waals surface area contributed by atoms with Gasteiger partial charge in [-0.05, 0) is 32.5 Å². The molecular formula is C11H20N2OS. The summed E-state index contributed by atoms with van der Waals surface area (Å²) in [5.41, 5.74) is 0. The van der Waals surface area contributed by atoms with Crippen LogP contribution in [0, 0.1) is 0 Å². The van der Waals surface area contributed by atoms with E-state index in [4.69, 9.17) is 0 Å². The third-order valence-electron chi connectivity index (χ3n) is 2.21. The topological polar surface area (TPSA) is 35.5 Å². The third-order valence-corrected chi connectivity index (χ3v) is 3.26. The second-order valence-electron chi connectivity index (χ2n) is 4.06. The number of hydrogen-bond donors (Lipinski definition) is 2. The van der Waals surface area contributed by atoms with E-state index in [1.807, 2.05) is 19.0 Å². The van der Waals surface area contributed by atoms with Crippen LogP contribution in [0.2, 0.25) is 0 Å². The number of thiophene rings is 1. The number of likely N-dealkylation sites (N-methyl/N-ethyl adjacent to an activating group) is 1. The minimum Gasteiger partial charge on any atom is -0.390 e. The van der Waals surface area contributed by atoms with Crippen molar-refractivity contribution in [2.24, 2.45) is 0 Å². The summed E-state index contributed by atoms with van der Waals surface area (Å²) in [5.74, 6) is 0. The molecule has 3 nitrogen and oxygen atoms in total. The number of hydrogen-bond acceptors (Lipinski definition) is 4. The molecule has 0 saturated carbocycles. The van der Waals surface area contributed by atoms with Crippen LogP contribution in [0.3, 0.4) is 0 Å². The molecule has 1 unspecified atom stereocenters. The minimum absolute atomic E-state index is 0.303. The molecule has 1 rings (SSSR count). The molecule has 4 heteroatoms. The Morgan fingerprint density at radius 1 is 1.53 bits per heavy atom. The quantitative estimate of drug-likeness (QED) is 0.771. The number of aliphatic hydroxyl groups is 1. The van der Waals surface area contributed by atoms with Crippen LogP contribution in [-0.2, 0) is 0 Å². The summed E-state index contributed by atoms with van der Waals surface area (Å²) in [5, 5.41) is 15.1. The lowest BCUT2D eigenvalue weighted by Gasteiger charge is -2.19. The molecule has 0 spiro atoms. The molecule has 0 fully saturated rings. The van der Waals surface area contributed by atoms with E-state index in [9.17, 15) is 5.11 Å². The van der Waals surface area contributed by atoms with Gasteiger partial charge in [-0.3, -0.25) is 0 Å². The molecule has 0 aromatic carbocycles. The summed E-state index contributed by atoms with van der Waals surface area (Å²) < 4.78 is 0. The van der Waals surface area contributed by atoms with Crippen LogP contribution >= 0.6 is 11.3 Å². The van der Waals surface area contributed by atoms with Crippen molar-refractivity contribution in [1.29, 1.82) is 0 Å². The second-order valence-corrected chi connectivity index (χ2v) is 5.04. The highest BCUT2D eigenvalue weighted by molar-refractivity contribution is 7.10. The normalized spacial score (nSPS) is 15.5. The van der Waals surface area contributed by atoms with E-state index in [-0.39, 0.29) is 6.10 Å². The zero-order valence-corrected chi connectivity index (χ0v) is 10.4. The lowest BCUT2D eigenvalue weighted by Crippen LogP contribution is -2.35. The zero-order chi connectivity index (χ0) is 11.3. The van der Waals surface area contributed by atoms with Crippen molar-refractivity contribution in [3.05, 3.63) is 22.4 Å². The van der Waals surface area contributed by atoms with Crippen molar-refractivity contribution in [1.82, 2.24) is 10.2 Å². The average molecular weight is 228 g/mol. The van der Waals surface area contributed by atoms with E-state index in [1.165, 1.54) is 4.88 Å². The van der Waals surface area contributed by atoms with E-state index >= 15 is 0 Å². The summed E-state index contributed by atoms with van der Waals surface area (Å²) in [6.07, 6.45) is -0.303. The monoisotopic (exact) mass is 228 g/mol. The summed E-state index contributed by atoms with van der Waals surface area (Å²) in [6, 6.07) is 4.48. The van der Waals surface area contributed by atoms with Crippen molar-refractivity contribution < 1.29 is 5.11 Å². The van der Waals surface area contributed by atoms with Crippen molar-refractivity contribution in [3.63, 3.8) is 0 Å². The van der Waals surface area contributed by atoms with Crippen molar-refractivity contribution >= 4 is 11.3 Å². The Kier molecular flexibility index (Phi) is 5.25. The summed E-state index contributed by atoms with van der Waals surface area (Å²) >= 11 is 1.74. The van der Waals surface area contributed by atoms with Gasteiger partial charge in [0.25, 0.3) is 0 Å². The maximum absolute atomic E-state index is 9.67. The fourth-order valence-electron chi connectivity index (χ4n) is 1.44. The maximum atomic E-state index is 9.67. The van der Waals surface area contributed by atoms with Gasteiger partial charge in [0, 0.05) is 24.0 Å². The van der Waals surface area contributed by atoms with Gasteiger partial charge in [-0.15, -0.1) is 11.3 Å². The number of nitrogens with one attached hydrogen (secondary N) is 1. The van der Waals surface area contributed by atoms with Gasteiger partial charge >= 0.3 is 0 Å². The van der Waals surface area contributed by atoms with Crippen LogP contribution in [-0.4, -0.2) is 43.3 Å². The smallest absolute Gasteiger partial charge is 0.0791 e. The SMILES string of the molecule is C[C@H](NCC(O)CN(C)C)c1cccs1. The highest BCUT2D eigenvalue weighted by atomic mass is 32.1. The molecule has 0 bridgehead atoms. The Labute approximate surface area is 95.7 Å². The molecule has 1 heterocycles. The highest BCUT2D eigenvalue weighted by Gasteiger charge is 2.09. The average Bonchev–Trinajstić information content (AvgIpc) is 2.65. The van der Waals surface area contributed by atoms with Crippen molar-refractivity contribution in [2.45, 2.75) is 19.1 Å². The Bertz CT molecular complexity index is 262. The van der Waals surface area contributed by atoms with Gasteiger partial charge in [0.15, 0.2) is 0 Å². The Hall–Kier alpha value is -0.420. The van der Waals surface area contributed by atoms with E-state index < -0.39 is 0 Å². The van der Waals surface area contributed by atoms with Crippen LogP contribution in [0.15, 0.2) is 17.5 Å². The molecule has 86 valence electrons. The Morgan fingerprint density at radius 3 is 2.80 bits per heavy atom. The first-order valence-corrected chi connectivity index (χ1v) is 6.07. The summed E-state index contributed by atoms with van der Waals surface area (Å²) in [6.45, 7) is 3.45. The molecule has 0 saturated heterocycles. The van der Waals surface area contributed by atoms with E-state index in [0.717, 1.165) is 0 Å². The second kappa shape index (κ2) is 6.23. The molecule has 1 aromatic heterocycles. The van der Waals surface area contributed by atoms with Crippen molar-refractivity contribution in [2.75, 3.05) is 27.2 Å². The molecule has 0 aliphatic carbocycles. The first-order chi connectivity index (χ1) is 7.09. The molecule has 0 aliphatic heterocycles. The van der Waals surface area contributed by atoms with E-state index in [2.05, 4.69) is 29.8 Å². The Morgan fingerprint density at radius 2 is 2.27 bits per heavy atom. The van der Waals surface area contributed by atoms with Gasteiger partial charge in [-0.1, -0.05) is 6.07 Å². The molecular weight excluding hydrogens is 208 g/mol. The predicted octanol–water partition coefficient (Wildman–Crippen LogP) is 1.32. The lowest BCUT2D eigenvalue weighted by atomic mass is 10.2. The number of aliphatic hydroxyl groups excluding tert-OH is 1.